The number of fused-ring (bicyclic) bond motifs is 1. The lowest BCUT2D eigenvalue weighted by atomic mass is 10.1. The molecule has 1 unspecified atom stereocenters. The van der Waals surface area contributed by atoms with E-state index in [0.717, 1.165) is 38.4 Å². The summed E-state index contributed by atoms with van der Waals surface area (Å²) in [7, 11) is 0. The van der Waals surface area contributed by atoms with E-state index in [4.69, 9.17) is 10.5 Å². The Kier molecular flexibility index (Phi) is 4.88. The van der Waals surface area contributed by atoms with E-state index in [-0.39, 0.29) is 0 Å². The maximum absolute atomic E-state index is 5.77. The topological polar surface area (TPSA) is 38.5 Å². The summed E-state index contributed by atoms with van der Waals surface area (Å²) in [5, 5.41) is 0. The second kappa shape index (κ2) is 6.64. The van der Waals surface area contributed by atoms with Crippen molar-refractivity contribution < 1.29 is 4.74 Å². The first-order chi connectivity index (χ1) is 8.81. The van der Waals surface area contributed by atoms with E-state index in [9.17, 15) is 0 Å². The molecule has 0 aromatic heterocycles. The number of nitrogens with zero attached hydrogens (tertiary/aromatic N) is 1. The molecule has 0 fully saturated rings. The first kappa shape index (κ1) is 13.2. The highest BCUT2D eigenvalue weighted by Gasteiger charge is 2.15. The summed E-state index contributed by atoms with van der Waals surface area (Å²) < 4.78 is 5.77. The second-order valence-electron chi connectivity index (χ2n) is 5.14. The SMILES string of the molecule is CC(CN)CCCN1CCCOc2ccccc21. The third-order valence-corrected chi connectivity index (χ3v) is 3.56. The number of ether oxygens (including phenoxy) is 1. The maximum Gasteiger partial charge on any atom is 0.142 e. The highest BCUT2D eigenvalue weighted by Crippen LogP contribution is 2.30. The molecule has 2 N–H and O–H groups in total. The van der Waals surface area contributed by atoms with Crippen LogP contribution in [-0.2, 0) is 0 Å². The van der Waals surface area contributed by atoms with Crippen LogP contribution in [0.15, 0.2) is 24.3 Å². The zero-order valence-corrected chi connectivity index (χ0v) is 11.3. The molecule has 0 amide bonds. The predicted molar refractivity (Wildman–Crippen MR) is 76.2 cm³/mol. The van der Waals surface area contributed by atoms with Crippen LogP contribution in [-0.4, -0.2) is 26.2 Å². The Hall–Kier alpha value is -1.22. The molecule has 100 valence electrons. The van der Waals surface area contributed by atoms with Crippen LogP contribution in [0.2, 0.25) is 0 Å². The Morgan fingerprint density at radius 3 is 3.06 bits per heavy atom. The molecule has 1 atom stereocenters. The minimum atomic E-state index is 0.628. The van der Waals surface area contributed by atoms with Crippen LogP contribution < -0.4 is 15.4 Å². The lowest BCUT2D eigenvalue weighted by molar-refractivity contribution is 0.322. The number of nitrogens with two attached hydrogens (primary N) is 1. The van der Waals surface area contributed by atoms with Crippen molar-refractivity contribution in [3.63, 3.8) is 0 Å². The summed E-state index contributed by atoms with van der Waals surface area (Å²) >= 11 is 0. The molecule has 0 spiro atoms. The molecule has 1 aromatic carbocycles. The van der Waals surface area contributed by atoms with Crippen molar-refractivity contribution in [2.75, 3.05) is 31.1 Å². The van der Waals surface area contributed by atoms with Gasteiger partial charge in [-0.15, -0.1) is 0 Å². The molecule has 1 aromatic rings. The fourth-order valence-corrected chi connectivity index (χ4v) is 2.38. The molecule has 3 nitrogen and oxygen atoms in total. The number of benzene rings is 1. The molecular weight excluding hydrogens is 224 g/mol. The second-order valence-corrected chi connectivity index (χ2v) is 5.14. The molecule has 2 rings (SSSR count). The van der Waals surface area contributed by atoms with Gasteiger partial charge in [0.2, 0.25) is 0 Å². The lowest BCUT2D eigenvalue weighted by Gasteiger charge is -2.24. The fourth-order valence-electron chi connectivity index (χ4n) is 2.38. The van der Waals surface area contributed by atoms with Gasteiger partial charge in [-0.25, -0.2) is 0 Å². The molecule has 3 heteroatoms. The minimum Gasteiger partial charge on any atom is -0.491 e. The molecule has 1 heterocycles. The maximum atomic E-state index is 5.77. The van der Waals surface area contributed by atoms with E-state index >= 15 is 0 Å². The first-order valence-corrected chi connectivity index (χ1v) is 6.98. The van der Waals surface area contributed by atoms with Gasteiger partial charge in [-0.1, -0.05) is 19.1 Å². The molecule has 0 radical (unpaired) electrons. The van der Waals surface area contributed by atoms with Crippen LogP contribution in [0.3, 0.4) is 0 Å². The van der Waals surface area contributed by atoms with Gasteiger partial charge in [0.15, 0.2) is 0 Å². The van der Waals surface area contributed by atoms with Gasteiger partial charge in [-0.05, 0) is 43.9 Å². The quantitative estimate of drug-likeness (QED) is 0.870. The zero-order valence-electron chi connectivity index (χ0n) is 11.3. The molecule has 18 heavy (non-hydrogen) atoms. The summed E-state index contributed by atoms with van der Waals surface area (Å²) in [6.07, 6.45) is 3.50. The molecule has 0 saturated carbocycles. The molecule has 1 aliphatic rings. The average Bonchev–Trinajstić information content (AvgIpc) is 2.61. The average molecular weight is 248 g/mol. The number of hydrogen-bond acceptors (Lipinski definition) is 3. The first-order valence-electron chi connectivity index (χ1n) is 6.98. The Bertz CT molecular complexity index is 367. The summed E-state index contributed by atoms with van der Waals surface area (Å²) in [5.41, 5.74) is 6.90. The standard InChI is InChI=1S/C15H24N2O/c1-13(12-16)6-4-9-17-10-5-11-18-15-8-3-2-7-14(15)17/h2-3,7-8,13H,4-6,9-12,16H2,1H3. The van der Waals surface area contributed by atoms with E-state index in [1.807, 2.05) is 6.07 Å². The summed E-state index contributed by atoms with van der Waals surface area (Å²) in [4.78, 5) is 2.45. The number of anilines is 1. The third kappa shape index (κ3) is 3.39. The Morgan fingerprint density at radius 2 is 2.22 bits per heavy atom. The van der Waals surface area contributed by atoms with Crippen molar-refractivity contribution in [3.8, 4) is 5.75 Å². The van der Waals surface area contributed by atoms with Crippen molar-refractivity contribution in [2.24, 2.45) is 11.7 Å². The number of hydrogen-bond donors (Lipinski definition) is 1. The van der Waals surface area contributed by atoms with Gasteiger partial charge < -0.3 is 15.4 Å². The Labute approximate surface area is 110 Å². The van der Waals surface area contributed by atoms with Crippen LogP contribution in [0.1, 0.15) is 26.2 Å². The van der Waals surface area contributed by atoms with Crippen molar-refractivity contribution in [3.05, 3.63) is 24.3 Å². The van der Waals surface area contributed by atoms with E-state index in [0.29, 0.717) is 5.92 Å². The molecule has 1 aliphatic heterocycles. The zero-order chi connectivity index (χ0) is 12.8. The van der Waals surface area contributed by atoms with Gasteiger partial charge in [0.1, 0.15) is 5.75 Å². The van der Waals surface area contributed by atoms with E-state index in [1.165, 1.54) is 18.5 Å². The van der Waals surface area contributed by atoms with Crippen LogP contribution >= 0.6 is 0 Å². The summed E-state index contributed by atoms with van der Waals surface area (Å²) in [5.74, 6) is 1.66. The summed E-state index contributed by atoms with van der Waals surface area (Å²) in [6, 6.07) is 8.35. The number of rotatable bonds is 5. The predicted octanol–water partition coefficient (Wildman–Crippen LogP) is 2.65. The van der Waals surface area contributed by atoms with Gasteiger partial charge in [0.05, 0.1) is 12.3 Å². The van der Waals surface area contributed by atoms with E-state index < -0.39 is 0 Å². The Balaban J connectivity index is 1.95. The van der Waals surface area contributed by atoms with Crippen LogP contribution in [0.25, 0.3) is 0 Å². The van der Waals surface area contributed by atoms with Gasteiger partial charge in [-0.2, -0.15) is 0 Å². The van der Waals surface area contributed by atoms with Crippen LogP contribution in [0, 0.1) is 5.92 Å². The monoisotopic (exact) mass is 248 g/mol. The normalized spacial score (nSPS) is 16.7. The molecule has 0 aliphatic carbocycles. The highest BCUT2D eigenvalue weighted by atomic mass is 16.5. The van der Waals surface area contributed by atoms with Crippen molar-refractivity contribution in [2.45, 2.75) is 26.2 Å². The Morgan fingerprint density at radius 1 is 1.39 bits per heavy atom. The van der Waals surface area contributed by atoms with E-state index in [1.54, 1.807) is 0 Å². The third-order valence-electron chi connectivity index (χ3n) is 3.56. The van der Waals surface area contributed by atoms with Crippen molar-refractivity contribution in [1.82, 2.24) is 0 Å². The van der Waals surface area contributed by atoms with E-state index in [2.05, 4.69) is 30.0 Å². The van der Waals surface area contributed by atoms with Crippen LogP contribution in [0.4, 0.5) is 5.69 Å². The van der Waals surface area contributed by atoms with Crippen molar-refractivity contribution in [1.29, 1.82) is 0 Å². The molecular formula is C15H24N2O. The van der Waals surface area contributed by atoms with Gasteiger partial charge in [-0.3, -0.25) is 0 Å². The highest BCUT2D eigenvalue weighted by molar-refractivity contribution is 5.58. The lowest BCUT2D eigenvalue weighted by Crippen LogP contribution is -2.25. The van der Waals surface area contributed by atoms with Gasteiger partial charge in [0.25, 0.3) is 0 Å². The largest absolute Gasteiger partial charge is 0.491 e. The van der Waals surface area contributed by atoms with Gasteiger partial charge >= 0.3 is 0 Å². The summed E-state index contributed by atoms with van der Waals surface area (Å²) in [6.45, 7) is 6.03. The fraction of sp³-hybridized carbons (Fsp3) is 0.600. The molecule has 0 bridgehead atoms. The van der Waals surface area contributed by atoms with Gasteiger partial charge in [0, 0.05) is 13.1 Å². The smallest absolute Gasteiger partial charge is 0.142 e. The van der Waals surface area contributed by atoms with Crippen molar-refractivity contribution >= 4 is 5.69 Å². The number of para-hydroxylation sites is 2. The minimum absolute atomic E-state index is 0.628. The molecule has 0 saturated heterocycles. The van der Waals surface area contributed by atoms with Crippen LogP contribution in [0.5, 0.6) is 5.75 Å².